The number of fused-ring (bicyclic) bond motifs is 1. The molecular weight excluding hydrogens is 160 g/mol. The first kappa shape index (κ1) is 7.92. The molecule has 2 heteroatoms. The molecule has 1 heterocycles. The van der Waals surface area contributed by atoms with Crippen molar-refractivity contribution in [1.82, 2.24) is 4.98 Å². The van der Waals surface area contributed by atoms with Crippen molar-refractivity contribution in [2.75, 3.05) is 5.73 Å². The SMILES string of the molecule is C=C(C)c1cc2cc[nH]c2cc1N. The van der Waals surface area contributed by atoms with Gasteiger partial charge in [0.25, 0.3) is 0 Å². The largest absolute Gasteiger partial charge is 0.398 e. The molecule has 1 aromatic carbocycles. The second-order valence-electron chi connectivity index (χ2n) is 3.28. The number of aromatic amines is 1. The van der Waals surface area contributed by atoms with Crippen LogP contribution in [-0.2, 0) is 0 Å². The predicted octanol–water partition coefficient (Wildman–Crippen LogP) is 2.78. The van der Waals surface area contributed by atoms with E-state index in [9.17, 15) is 0 Å². The van der Waals surface area contributed by atoms with Gasteiger partial charge >= 0.3 is 0 Å². The average molecular weight is 172 g/mol. The lowest BCUT2D eigenvalue weighted by Crippen LogP contribution is -1.91. The summed E-state index contributed by atoms with van der Waals surface area (Å²) in [6.07, 6.45) is 1.91. The van der Waals surface area contributed by atoms with Crippen LogP contribution in [0.1, 0.15) is 12.5 Å². The van der Waals surface area contributed by atoms with Gasteiger partial charge in [-0.3, -0.25) is 0 Å². The first-order chi connectivity index (χ1) is 6.18. The standard InChI is InChI=1S/C11H12N2/c1-7(2)9-5-8-3-4-13-11(8)6-10(9)12/h3-6,13H,1,12H2,2H3. The Morgan fingerprint density at radius 2 is 2.23 bits per heavy atom. The van der Waals surface area contributed by atoms with Crippen LogP contribution in [0.3, 0.4) is 0 Å². The molecule has 0 radical (unpaired) electrons. The fourth-order valence-electron chi connectivity index (χ4n) is 1.49. The van der Waals surface area contributed by atoms with E-state index in [-0.39, 0.29) is 0 Å². The summed E-state index contributed by atoms with van der Waals surface area (Å²) in [5.74, 6) is 0. The first-order valence-corrected chi connectivity index (χ1v) is 4.21. The number of benzene rings is 1. The molecule has 0 fully saturated rings. The zero-order chi connectivity index (χ0) is 9.42. The van der Waals surface area contributed by atoms with Gasteiger partial charge in [-0.15, -0.1) is 0 Å². The Balaban J connectivity index is 2.76. The third-order valence-electron chi connectivity index (χ3n) is 2.18. The van der Waals surface area contributed by atoms with E-state index in [2.05, 4.69) is 17.6 Å². The summed E-state index contributed by atoms with van der Waals surface area (Å²) in [7, 11) is 0. The number of nitrogen functional groups attached to an aromatic ring is 1. The third kappa shape index (κ3) is 1.20. The van der Waals surface area contributed by atoms with Crippen LogP contribution in [0.4, 0.5) is 5.69 Å². The van der Waals surface area contributed by atoms with E-state index in [1.54, 1.807) is 0 Å². The van der Waals surface area contributed by atoms with Crippen molar-refractivity contribution >= 4 is 22.2 Å². The molecular formula is C11H12N2. The Morgan fingerprint density at radius 3 is 2.92 bits per heavy atom. The maximum atomic E-state index is 5.87. The van der Waals surface area contributed by atoms with Crippen LogP contribution in [-0.4, -0.2) is 4.98 Å². The maximum Gasteiger partial charge on any atom is 0.0474 e. The second-order valence-corrected chi connectivity index (χ2v) is 3.28. The molecule has 0 aliphatic carbocycles. The Kier molecular flexibility index (Phi) is 1.62. The zero-order valence-electron chi connectivity index (χ0n) is 7.59. The predicted molar refractivity (Wildman–Crippen MR) is 57.4 cm³/mol. The van der Waals surface area contributed by atoms with Crippen molar-refractivity contribution in [3.8, 4) is 0 Å². The Labute approximate surface area is 77.1 Å². The number of rotatable bonds is 1. The van der Waals surface area contributed by atoms with Crippen LogP contribution in [0.5, 0.6) is 0 Å². The topological polar surface area (TPSA) is 41.8 Å². The summed E-state index contributed by atoms with van der Waals surface area (Å²) in [6, 6.07) is 6.03. The molecule has 0 saturated heterocycles. The highest BCUT2D eigenvalue weighted by atomic mass is 14.7. The summed E-state index contributed by atoms with van der Waals surface area (Å²) in [4.78, 5) is 3.12. The molecule has 1 aromatic heterocycles. The van der Waals surface area contributed by atoms with Gasteiger partial charge in [0.05, 0.1) is 0 Å². The van der Waals surface area contributed by atoms with Crippen molar-refractivity contribution < 1.29 is 0 Å². The average Bonchev–Trinajstić information content (AvgIpc) is 2.48. The number of nitrogens with two attached hydrogens (primary N) is 1. The number of hydrogen-bond acceptors (Lipinski definition) is 1. The minimum absolute atomic E-state index is 0.780. The number of aromatic nitrogens is 1. The lowest BCUT2D eigenvalue weighted by atomic mass is 10.0. The molecule has 2 nitrogen and oxygen atoms in total. The minimum atomic E-state index is 0.780. The van der Waals surface area contributed by atoms with E-state index < -0.39 is 0 Å². The quantitative estimate of drug-likeness (QED) is 0.638. The lowest BCUT2D eigenvalue weighted by Gasteiger charge is -2.04. The Bertz CT molecular complexity index is 466. The van der Waals surface area contributed by atoms with E-state index in [4.69, 9.17) is 5.73 Å². The number of H-pyrrole nitrogens is 1. The third-order valence-corrected chi connectivity index (χ3v) is 2.18. The molecule has 66 valence electrons. The molecule has 0 atom stereocenters. The van der Waals surface area contributed by atoms with Gasteiger partial charge in [-0.1, -0.05) is 6.58 Å². The zero-order valence-corrected chi connectivity index (χ0v) is 7.59. The molecule has 0 aliphatic rings. The normalized spacial score (nSPS) is 10.5. The maximum absolute atomic E-state index is 5.87. The van der Waals surface area contributed by atoms with Crippen LogP contribution >= 0.6 is 0 Å². The van der Waals surface area contributed by atoms with E-state index in [0.717, 1.165) is 22.3 Å². The van der Waals surface area contributed by atoms with Crippen LogP contribution in [0.15, 0.2) is 31.0 Å². The van der Waals surface area contributed by atoms with Gasteiger partial charge in [-0.05, 0) is 30.7 Å². The highest BCUT2D eigenvalue weighted by Gasteiger charge is 2.02. The summed E-state index contributed by atoms with van der Waals surface area (Å²) < 4.78 is 0. The summed E-state index contributed by atoms with van der Waals surface area (Å²) >= 11 is 0. The van der Waals surface area contributed by atoms with Crippen LogP contribution in [0.25, 0.3) is 16.5 Å². The fraction of sp³-hybridized carbons (Fsp3) is 0.0909. The highest BCUT2D eigenvalue weighted by molar-refractivity contribution is 5.89. The highest BCUT2D eigenvalue weighted by Crippen LogP contribution is 2.25. The van der Waals surface area contributed by atoms with Gasteiger partial charge in [0.15, 0.2) is 0 Å². The van der Waals surface area contributed by atoms with Gasteiger partial charge in [0.1, 0.15) is 0 Å². The number of hydrogen-bond donors (Lipinski definition) is 2. The lowest BCUT2D eigenvalue weighted by molar-refractivity contribution is 1.47. The van der Waals surface area contributed by atoms with Crippen molar-refractivity contribution in [2.45, 2.75) is 6.92 Å². The summed E-state index contributed by atoms with van der Waals surface area (Å²) in [6.45, 7) is 5.85. The number of anilines is 1. The molecule has 0 bridgehead atoms. The molecule has 0 spiro atoms. The van der Waals surface area contributed by atoms with Gasteiger partial charge in [0.2, 0.25) is 0 Å². The van der Waals surface area contributed by atoms with Gasteiger partial charge in [-0.2, -0.15) is 0 Å². The van der Waals surface area contributed by atoms with E-state index >= 15 is 0 Å². The minimum Gasteiger partial charge on any atom is -0.398 e. The van der Waals surface area contributed by atoms with Gasteiger partial charge in [-0.25, -0.2) is 0 Å². The summed E-state index contributed by atoms with van der Waals surface area (Å²) in [5, 5.41) is 1.17. The smallest absolute Gasteiger partial charge is 0.0474 e. The van der Waals surface area contributed by atoms with E-state index in [0.29, 0.717) is 0 Å². The van der Waals surface area contributed by atoms with Gasteiger partial charge in [0, 0.05) is 28.4 Å². The molecule has 2 rings (SSSR count). The molecule has 3 N–H and O–H groups in total. The van der Waals surface area contributed by atoms with Crippen molar-refractivity contribution in [3.63, 3.8) is 0 Å². The van der Waals surface area contributed by atoms with E-state index in [1.165, 1.54) is 5.39 Å². The van der Waals surface area contributed by atoms with E-state index in [1.807, 2.05) is 25.3 Å². The first-order valence-electron chi connectivity index (χ1n) is 4.21. The number of allylic oxidation sites excluding steroid dienone is 1. The van der Waals surface area contributed by atoms with Crippen molar-refractivity contribution in [2.24, 2.45) is 0 Å². The van der Waals surface area contributed by atoms with Crippen LogP contribution in [0.2, 0.25) is 0 Å². The molecule has 0 unspecified atom stereocenters. The van der Waals surface area contributed by atoms with Crippen LogP contribution in [0, 0.1) is 0 Å². The van der Waals surface area contributed by atoms with Crippen LogP contribution < -0.4 is 5.73 Å². The monoisotopic (exact) mass is 172 g/mol. The number of nitrogens with one attached hydrogen (secondary N) is 1. The molecule has 0 amide bonds. The molecule has 2 aromatic rings. The molecule has 0 aliphatic heterocycles. The Morgan fingerprint density at radius 1 is 1.46 bits per heavy atom. The second kappa shape index (κ2) is 2.66. The summed E-state index contributed by atoms with van der Waals surface area (Å²) in [5.41, 5.74) is 9.75. The fourth-order valence-corrected chi connectivity index (χ4v) is 1.49. The molecule has 0 saturated carbocycles. The van der Waals surface area contributed by atoms with Crippen molar-refractivity contribution in [1.29, 1.82) is 0 Å². The van der Waals surface area contributed by atoms with Crippen molar-refractivity contribution in [3.05, 3.63) is 36.5 Å². The molecule has 13 heavy (non-hydrogen) atoms. The van der Waals surface area contributed by atoms with Gasteiger partial charge < -0.3 is 10.7 Å². The Hall–Kier alpha value is -1.70.